The topological polar surface area (TPSA) is 34.1 Å². The minimum Gasteiger partial charge on any atom is -0.282 e. The van der Waals surface area contributed by atoms with Crippen LogP contribution in [0, 0.1) is 0 Å². The molecule has 0 aromatic heterocycles. The van der Waals surface area contributed by atoms with Crippen LogP contribution in [0.2, 0.25) is 0 Å². The van der Waals surface area contributed by atoms with Crippen molar-refractivity contribution in [1.29, 1.82) is 0 Å². The standard InChI is InChI=1S/C6H11ClO.C2H3ClO/c1-2-3-4-5-6(7)8;1-2(3)4/h2-5H2,1H3;1H3. The molecule has 0 saturated heterocycles. The van der Waals surface area contributed by atoms with Gasteiger partial charge in [0.15, 0.2) is 0 Å². The van der Waals surface area contributed by atoms with Gasteiger partial charge in [0.25, 0.3) is 0 Å². The summed E-state index contributed by atoms with van der Waals surface area (Å²) in [5.41, 5.74) is 0. The first-order chi connectivity index (χ1) is 5.50. The number of rotatable bonds is 4. The Morgan fingerprint density at radius 1 is 1.17 bits per heavy atom. The van der Waals surface area contributed by atoms with Gasteiger partial charge in [0.2, 0.25) is 10.5 Å². The summed E-state index contributed by atoms with van der Waals surface area (Å²) in [5, 5.41) is -0.571. The molecule has 0 amide bonds. The minimum absolute atomic E-state index is 0.210. The number of carbonyl (C=O) groups excluding carboxylic acids is 2. The molecule has 0 N–H and O–H groups in total. The van der Waals surface area contributed by atoms with E-state index in [4.69, 9.17) is 11.6 Å². The van der Waals surface area contributed by atoms with Crippen LogP contribution in [0.4, 0.5) is 0 Å². The molecule has 12 heavy (non-hydrogen) atoms. The summed E-state index contributed by atoms with van der Waals surface area (Å²) < 4.78 is 0. The third-order valence-corrected chi connectivity index (χ3v) is 1.17. The lowest BCUT2D eigenvalue weighted by Gasteiger charge is -1.89. The second-order valence-corrected chi connectivity index (χ2v) is 3.24. The molecule has 0 radical (unpaired) electrons. The lowest BCUT2D eigenvalue weighted by molar-refractivity contribution is -0.112. The highest BCUT2D eigenvalue weighted by Gasteiger charge is 1.92. The van der Waals surface area contributed by atoms with Gasteiger partial charge < -0.3 is 0 Å². The Bertz CT molecular complexity index is 131. The van der Waals surface area contributed by atoms with Crippen LogP contribution in [0.15, 0.2) is 0 Å². The molecular weight excluding hydrogens is 199 g/mol. The molecule has 2 nitrogen and oxygen atoms in total. The van der Waals surface area contributed by atoms with Crippen molar-refractivity contribution in [2.45, 2.75) is 39.5 Å². The Kier molecular flexibility index (Phi) is 13.1. The Labute approximate surface area is 83.2 Å². The fraction of sp³-hybridized carbons (Fsp3) is 0.750. The molecular formula is C8H14Cl2O2. The van der Waals surface area contributed by atoms with Crippen LogP contribution in [0.3, 0.4) is 0 Å². The van der Waals surface area contributed by atoms with Crippen LogP contribution in [0.5, 0.6) is 0 Å². The molecule has 0 aliphatic rings. The van der Waals surface area contributed by atoms with E-state index in [1.165, 1.54) is 6.92 Å². The van der Waals surface area contributed by atoms with Gasteiger partial charge in [-0.1, -0.05) is 19.8 Å². The first-order valence-electron chi connectivity index (χ1n) is 3.85. The van der Waals surface area contributed by atoms with Crippen molar-refractivity contribution < 1.29 is 9.59 Å². The maximum Gasteiger partial charge on any atom is 0.221 e. The zero-order valence-electron chi connectivity index (χ0n) is 7.40. The number of carbonyl (C=O) groups is 2. The van der Waals surface area contributed by atoms with Gasteiger partial charge in [-0.2, -0.15) is 0 Å². The number of hydrogen-bond acceptors (Lipinski definition) is 2. The lowest BCUT2D eigenvalue weighted by atomic mass is 10.2. The van der Waals surface area contributed by atoms with Crippen molar-refractivity contribution in [3.63, 3.8) is 0 Å². The maximum atomic E-state index is 10.1. The van der Waals surface area contributed by atoms with Gasteiger partial charge in [-0.3, -0.25) is 9.59 Å². The van der Waals surface area contributed by atoms with Crippen molar-refractivity contribution in [1.82, 2.24) is 0 Å². The largest absolute Gasteiger partial charge is 0.282 e. The smallest absolute Gasteiger partial charge is 0.221 e. The minimum atomic E-state index is -0.361. The molecule has 0 fully saturated rings. The predicted octanol–water partition coefficient (Wildman–Crippen LogP) is 3.10. The second-order valence-electron chi connectivity index (χ2n) is 2.28. The molecule has 0 unspecified atom stereocenters. The first kappa shape index (κ1) is 14.4. The summed E-state index contributed by atoms with van der Waals surface area (Å²) in [4.78, 5) is 19.3. The highest BCUT2D eigenvalue weighted by Crippen LogP contribution is 2.00. The van der Waals surface area contributed by atoms with E-state index in [9.17, 15) is 9.59 Å². The number of halogens is 2. The molecule has 0 aromatic carbocycles. The molecule has 0 aliphatic heterocycles. The van der Waals surface area contributed by atoms with Gasteiger partial charge >= 0.3 is 0 Å². The van der Waals surface area contributed by atoms with E-state index in [-0.39, 0.29) is 10.5 Å². The van der Waals surface area contributed by atoms with Crippen molar-refractivity contribution >= 4 is 33.7 Å². The third-order valence-electron chi connectivity index (χ3n) is 0.977. The van der Waals surface area contributed by atoms with Gasteiger partial charge in [-0.25, -0.2) is 0 Å². The van der Waals surface area contributed by atoms with Crippen molar-refractivity contribution in [2.24, 2.45) is 0 Å². The molecule has 0 spiro atoms. The molecule has 0 saturated carbocycles. The molecule has 0 bridgehead atoms. The van der Waals surface area contributed by atoms with Gasteiger partial charge in [0, 0.05) is 13.3 Å². The third kappa shape index (κ3) is 32.6. The predicted molar refractivity (Wildman–Crippen MR) is 51.5 cm³/mol. The van der Waals surface area contributed by atoms with Gasteiger partial charge in [0.1, 0.15) is 0 Å². The van der Waals surface area contributed by atoms with E-state index in [0.29, 0.717) is 6.42 Å². The van der Waals surface area contributed by atoms with Crippen molar-refractivity contribution in [2.75, 3.05) is 0 Å². The van der Waals surface area contributed by atoms with E-state index in [1.54, 1.807) is 0 Å². The Morgan fingerprint density at radius 2 is 1.58 bits per heavy atom. The zero-order chi connectivity index (χ0) is 9.98. The van der Waals surface area contributed by atoms with E-state index in [2.05, 4.69) is 18.5 Å². The maximum absolute atomic E-state index is 10.1. The van der Waals surface area contributed by atoms with Crippen LogP contribution in [0.25, 0.3) is 0 Å². The van der Waals surface area contributed by atoms with E-state index in [0.717, 1.165) is 19.3 Å². The molecule has 0 aliphatic carbocycles. The van der Waals surface area contributed by atoms with E-state index >= 15 is 0 Å². The summed E-state index contributed by atoms with van der Waals surface area (Å²) in [5.74, 6) is 0. The molecule has 0 atom stereocenters. The lowest BCUT2D eigenvalue weighted by Crippen LogP contribution is -1.84. The fourth-order valence-electron chi connectivity index (χ4n) is 0.514. The quantitative estimate of drug-likeness (QED) is 0.531. The zero-order valence-corrected chi connectivity index (χ0v) is 8.91. The van der Waals surface area contributed by atoms with Crippen LogP contribution in [-0.2, 0) is 9.59 Å². The summed E-state index contributed by atoms with van der Waals surface area (Å²) in [6, 6.07) is 0. The first-order valence-corrected chi connectivity index (χ1v) is 4.60. The Hall–Kier alpha value is -0.0800. The molecule has 0 rings (SSSR count). The van der Waals surface area contributed by atoms with Gasteiger partial charge in [0.05, 0.1) is 0 Å². The number of hydrogen-bond donors (Lipinski definition) is 0. The van der Waals surface area contributed by atoms with Gasteiger partial charge in [-0.05, 0) is 29.6 Å². The van der Waals surface area contributed by atoms with Crippen LogP contribution < -0.4 is 0 Å². The van der Waals surface area contributed by atoms with Crippen molar-refractivity contribution in [3.05, 3.63) is 0 Å². The van der Waals surface area contributed by atoms with E-state index in [1.807, 2.05) is 0 Å². The summed E-state index contributed by atoms with van der Waals surface area (Å²) in [7, 11) is 0. The molecule has 72 valence electrons. The summed E-state index contributed by atoms with van der Waals surface area (Å²) in [6.07, 6.45) is 3.73. The SMILES string of the molecule is CC(=O)Cl.CCCCCC(=O)Cl. The highest BCUT2D eigenvalue weighted by molar-refractivity contribution is 6.63. The molecule has 0 aromatic rings. The summed E-state index contributed by atoms with van der Waals surface area (Å²) in [6.45, 7) is 3.39. The Morgan fingerprint density at radius 3 is 1.83 bits per heavy atom. The highest BCUT2D eigenvalue weighted by atomic mass is 35.5. The Balaban J connectivity index is 0. The average molecular weight is 213 g/mol. The second kappa shape index (κ2) is 10.9. The van der Waals surface area contributed by atoms with E-state index < -0.39 is 0 Å². The van der Waals surface area contributed by atoms with Crippen LogP contribution >= 0.6 is 23.2 Å². The van der Waals surface area contributed by atoms with Gasteiger partial charge in [-0.15, -0.1) is 0 Å². The summed E-state index contributed by atoms with van der Waals surface area (Å²) >= 11 is 9.71. The molecule has 0 heterocycles. The monoisotopic (exact) mass is 212 g/mol. The van der Waals surface area contributed by atoms with Crippen molar-refractivity contribution in [3.8, 4) is 0 Å². The fourth-order valence-corrected chi connectivity index (χ4v) is 0.648. The normalized spacial score (nSPS) is 8.33. The van der Waals surface area contributed by atoms with Crippen LogP contribution in [0.1, 0.15) is 39.5 Å². The average Bonchev–Trinajstić information content (AvgIpc) is 1.86. The van der Waals surface area contributed by atoms with Crippen LogP contribution in [-0.4, -0.2) is 10.5 Å². The molecule has 4 heteroatoms. The number of unbranched alkanes of at least 4 members (excludes halogenated alkanes) is 2.